The van der Waals surface area contributed by atoms with Crippen molar-refractivity contribution >= 4 is 11.9 Å². The number of methoxy groups -OCH3 is 1. The molecule has 1 aliphatic rings. The Morgan fingerprint density at radius 3 is 2.75 bits per heavy atom. The molecular weight excluding hydrogens is 366 g/mol. The van der Waals surface area contributed by atoms with Gasteiger partial charge in [0.15, 0.2) is 11.5 Å². The third-order valence-electron chi connectivity index (χ3n) is 3.87. The van der Waals surface area contributed by atoms with Gasteiger partial charge in [-0.1, -0.05) is 6.07 Å². The number of ether oxygens (including phenoxy) is 3. The number of carboxylic acids is 1. The summed E-state index contributed by atoms with van der Waals surface area (Å²) in [6.07, 6.45) is 0.710. The first kappa shape index (κ1) is 23.7. The van der Waals surface area contributed by atoms with Crippen molar-refractivity contribution in [2.45, 2.75) is 19.4 Å². The maximum Gasteiger partial charge on any atom is 0.300 e. The van der Waals surface area contributed by atoms with Crippen molar-refractivity contribution in [3.05, 3.63) is 23.8 Å². The lowest BCUT2D eigenvalue weighted by Crippen LogP contribution is -2.45. The number of hydrogen-bond acceptors (Lipinski definition) is 7. The van der Waals surface area contributed by atoms with Gasteiger partial charge >= 0.3 is 0 Å². The van der Waals surface area contributed by atoms with E-state index in [1.165, 1.54) is 0 Å². The Bertz CT molecular complexity index is 622. The molecule has 1 fully saturated rings. The number of nitrogens with two attached hydrogens (primary N) is 1. The minimum absolute atomic E-state index is 0.0000775. The van der Waals surface area contributed by atoms with Crippen LogP contribution in [-0.4, -0.2) is 81.5 Å². The monoisotopic (exact) mass is 397 g/mol. The molecule has 0 radical (unpaired) electrons. The van der Waals surface area contributed by atoms with E-state index in [2.05, 4.69) is 10.2 Å². The highest BCUT2D eigenvalue weighted by Gasteiger charge is 2.21. The maximum atomic E-state index is 12.6. The number of aliphatic carboxylic acids is 1. The van der Waals surface area contributed by atoms with Crippen molar-refractivity contribution in [3.8, 4) is 11.5 Å². The van der Waals surface area contributed by atoms with Gasteiger partial charge in [-0.25, -0.2) is 0 Å². The zero-order chi connectivity index (χ0) is 20.9. The van der Waals surface area contributed by atoms with Crippen LogP contribution in [0.25, 0.3) is 0 Å². The Hall–Kier alpha value is -2.36. The van der Waals surface area contributed by atoms with Crippen LogP contribution in [0.3, 0.4) is 0 Å². The van der Waals surface area contributed by atoms with Crippen molar-refractivity contribution < 1.29 is 28.9 Å². The molecule has 1 atom stereocenters. The summed E-state index contributed by atoms with van der Waals surface area (Å²) in [7, 11) is 3.60. The second-order valence-electron chi connectivity index (χ2n) is 6.31. The molecule has 1 heterocycles. The summed E-state index contributed by atoms with van der Waals surface area (Å²) in [5.41, 5.74) is 5.95. The standard InChI is InChI=1S/C17H27N3O4.C2H4O2/c1-20-8-10-23-13(12-20)11-19-17(21)14-5-3-6-15(22-2)16(14)24-9-4-7-18;1-2(3)4/h3,5-6,13H,4,7-12,18H2,1-2H3,(H,19,21);1H3,(H,3,4). The van der Waals surface area contributed by atoms with E-state index in [4.69, 9.17) is 29.8 Å². The molecule has 0 saturated carbocycles. The number of carbonyl (C=O) groups is 2. The van der Waals surface area contributed by atoms with E-state index in [1.807, 2.05) is 7.05 Å². The van der Waals surface area contributed by atoms with Gasteiger partial charge in [-0.3, -0.25) is 9.59 Å². The van der Waals surface area contributed by atoms with Gasteiger partial charge in [0.2, 0.25) is 0 Å². The zero-order valence-corrected chi connectivity index (χ0v) is 16.8. The molecule has 0 spiro atoms. The number of hydrogen-bond donors (Lipinski definition) is 3. The average molecular weight is 397 g/mol. The SMILES string of the molecule is CC(=O)O.COc1cccc(C(=O)NCC2CN(C)CCO2)c1OCCCN. The highest BCUT2D eigenvalue weighted by molar-refractivity contribution is 5.97. The normalized spacial score (nSPS) is 16.5. The predicted octanol–water partition coefficient (Wildman–Crippen LogP) is 0.574. The number of para-hydroxylation sites is 1. The van der Waals surface area contributed by atoms with E-state index in [0.717, 1.165) is 20.0 Å². The lowest BCUT2D eigenvalue weighted by molar-refractivity contribution is -0.134. The van der Waals surface area contributed by atoms with E-state index >= 15 is 0 Å². The number of amides is 1. The van der Waals surface area contributed by atoms with Crippen molar-refractivity contribution in [2.24, 2.45) is 5.73 Å². The summed E-state index contributed by atoms with van der Waals surface area (Å²) in [6.45, 7) is 4.92. The highest BCUT2D eigenvalue weighted by atomic mass is 16.5. The van der Waals surface area contributed by atoms with E-state index in [0.29, 0.717) is 49.8 Å². The molecule has 0 bridgehead atoms. The third-order valence-corrected chi connectivity index (χ3v) is 3.87. The van der Waals surface area contributed by atoms with E-state index in [9.17, 15) is 4.79 Å². The molecule has 1 unspecified atom stereocenters. The fourth-order valence-electron chi connectivity index (χ4n) is 2.55. The molecule has 0 aliphatic carbocycles. The molecule has 1 saturated heterocycles. The summed E-state index contributed by atoms with van der Waals surface area (Å²) < 4.78 is 16.7. The Kier molecular flexibility index (Phi) is 10.9. The lowest BCUT2D eigenvalue weighted by Gasteiger charge is -2.30. The number of nitrogens with zero attached hydrogens (tertiary/aromatic N) is 1. The topological polar surface area (TPSA) is 123 Å². The largest absolute Gasteiger partial charge is 0.493 e. The number of rotatable bonds is 8. The van der Waals surface area contributed by atoms with E-state index < -0.39 is 5.97 Å². The number of morpholine rings is 1. The van der Waals surface area contributed by atoms with Crippen molar-refractivity contribution in [3.63, 3.8) is 0 Å². The first-order chi connectivity index (χ1) is 13.4. The van der Waals surface area contributed by atoms with E-state index in [1.54, 1.807) is 25.3 Å². The molecule has 28 heavy (non-hydrogen) atoms. The Morgan fingerprint density at radius 2 is 2.14 bits per heavy atom. The van der Waals surface area contributed by atoms with Gasteiger partial charge in [0.1, 0.15) is 0 Å². The Morgan fingerprint density at radius 1 is 1.43 bits per heavy atom. The number of carboxylic acid groups (broad SMARTS) is 1. The zero-order valence-electron chi connectivity index (χ0n) is 16.8. The first-order valence-corrected chi connectivity index (χ1v) is 9.16. The quantitative estimate of drug-likeness (QED) is 0.544. The van der Waals surface area contributed by atoms with Crippen molar-refractivity contribution in [1.29, 1.82) is 0 Å². The third kappa shape index (κ3) is 8.55. The minimum Gasteiger partial charge on any atom is -0.493 e. The number of nitrogens with one attached hydrogen (secondary N) is 1. The van der Waals surface area contributed by atoms with Crippen molar-refractivity contribution in [1.82, 2.24) is 10.2 Å². The van der Waals surface area contributed by atoms with Gasteiger partial charge in [0.05, 0.1) is 32.0 Å². The molecule has 158 valence electrons. The molecular formula is C19H31N3O6. The number of likely N-dealkylation sites (N-methyl/N-ethyl adjacent to an activating group) is 1. The minimum atomic E-state index is -0.833. The summed E-state index contributed by atoms with van der Waals surface area (Å²) in [5, 5.41) is 10.3. The Labute approximate surface area is 165 Å². The molecule has 4 N–H and O–H groups in total. The van der Waals surface area contributed by atoms with Gasteiger partial charge in [0.25, 0.3) is 11.9 Å². The van der Waals surface area contributed by atoms with Crippen LogP contribution in [0.5, 0.6) is 11.5 Å². The van der Waals surface area contributed by atoms with Crippen LogP contribution in [0.2, 0.25) is 0 Å². The number of carbonyl (C=O) groups excluding carboxylic acids is 1. The maximum absolute atomic E-state index is 12.6. The van der Waals surface area contributed by atoms with Crippen LogP contribution in [0.15, 0.2) is 18.2 Å². The second kappa shape index (κ2) is 12.9. The van der Waals surface area contributed by atoms with Gasteiger partial charge in [-0.2, -0.15) is 0 Å². The van der Waals surface area contributed by atoms with Crippen LogP contribution in [-0.2, 0) is 9.53 Å². The average Bonchev–Trinajstić information content (AvgIpc) is 2.66. The van der Waals surface area contributed by atoms with Crippen LogP contribution in [0.1, 0.15) is 23.7 Å². The summed E-state index contributed by atoms with van der Waals surface area (Å²) >= 11 is 0. The van der Waals surface area contributed by atoms with Crippen LogP contribution >= 0.6 is 0 Å². The predicted molar refractivity (Wildman–Crippen MR) is 105 cm³/mol. The molecule has 1 amide bonds. The Balaban J connectivity index is 0.000000892. The van der Waals surface area contributed by atoms with Gasteiger partial charge in [-0.15, -0.1) is 0 Å². The molecule has 1 aliphatic heterocycles. The van der Waals surface area contributed by atoms with E-state index in [-0.39, 0.29) is 12.0 Å². The van der Waals surface area contributed by atoms with Crippen LogP contribution < -0.4 is 20.5 Å². The van der Waals surface area contributed by atoms with Gasteiger partial charge in [0, 0.05) is 26.6 Å². The summed E-state index contributed by atoms with van der Waals surface area (Å²) in [4.78, 5) is 23.7. The molecule has 9 nitrogen and oxygen atoms in total. The summed E-state index contributed by atoms with van der Waals surface area (Å²) in [6, 6.07) is 5.27. The first-order valence-electron chi connectivity index (χ1n) is 9.16. The highest BCUT2D eigenvalue weighted by Crippen LogP contribution is 2.31. The lowest BCUT2D eigenvalue weighted by atomic mass is 10.1. The molecule has 2 rings (SSSR count). The molecule has 1 aromatic rings. The fourth-order valence-corrected chi connectivity index (χ4v) is 2.55. The van der Waals surface area contributed by atoms with Crippen LogP contribution in [0, 0.1) is 0 Å². The van der Waals surface area contributed by atoms with Gasteiger partial charge in [-0.05, 0) is 32.1 Å². The summed E-state index contributed by atoms with van der Waals surface area (Å²) in [5.74, 6) is -0.0468. The molecule has 9 heteroatoms. The molecule has 1 aromatic carbocycles. The smallest absolute Gasteiger partial charge is 0.300 e. The van der Waals surface area contributed by atoms with Gasteiger partial charge < -0.3 is 35.3 Å². The molecule has 0 aromatic heterocycles. The number of benzene rings is 1. The van der Waals surface area contributed by atoms with Crippen LogP contribution in [0.4, 0.5) is 0 Å². The fraction of sp³-hybridized carbons (Fsp3) is 0.579. The second-order valence-corrected chi connectivity index (χ2v) is 6.31. The van der Waals surface area contributed by atoms with Crippen molar-refractivity contribution in [2.75, 3.05) is 53.6 Å².